The van der Waals surface area contributed by atoms with Crippen molar-refractivity contribution < 1.29 is 17.9 Å². The van der Waals surface area contributed by atoms with Crippen molar-refractivity contribution in [2.75, 3.05) is 19.0 Å². The van der Waals surface area contributed by atoms with Gasteiger partial charge in [-0.15, -0.1) is 0 Å². The largest absolute Gasteiger partial charge is 0.495 e. The molecule has 1 amide bonds. The van der Waals surface area contributed by atoms with Crippen LogP contribution in [0.5, 0.6) is 5.75 Å². The molecule has 1 heterocycles. The summed E-state index contributed by atoms with van der Waals surface area (Å²) in [6, 6.07) is 12.1. The molecule has 0 bridgehead atoms. The van der Waals surface area contributed by atoms with Gasteiger partial charge in [-0.3, -0.25) is 4.79 Å². The lowest BCUT2D eigenvalue weighted by atomic mass is 10.1. The van der Waals surface area contributed by atoms with Crippen molar-refractivity contribution in [3.8, 4) is 5.75 Å². The van der Waals surface area contributed by atoms with Crippen LogP contribution in [-0.4, -0.2) is 38.3 Å². The Balaban J connectivity index is 1.93. The van der Waals surface area contributed by atoms with Crippen LogP contribution in [0.3, 0.4) is 0 Å². The van der Waals surface area contributed by atoms with Gasteiger partial charge < -0.3 is 10.1 Å². The fraction of sp³-hybridized carbons (Fsp3) is 0.409. The molecule has 0 radical (unpaired) electrons. The average molecular weight is 417 g/mol. The van der Waals surface area contributed by atoms with Crippen molar-refractivity contribution in [3.05, 3.63) is 53.6 Å². The number of ether oxygens (including phenoxy) is 1. The van der Waals surface area contributed by atoms with E-state index in [0.29, 0.717) is 12.2 Å². The number of piperidine rings is 1. The van der Waals surface area contributed by atoms with E-state index in [9.17, 15) is 13.2 Å². The third-order valence-corrected chi connectivity index (χ3v) is 7.38. The SMILES string of the molecule is CCc1cccc(NC(=O)c2ccc(OC)c(S(=O)(=O)N3CCCCC3C)c2)c1. The van der Waals surface area contributed by atoms with E-state index < -0.39 is 10.0 Å². The second-order valence-corrected chi connectivity index (χ2v) is 9.19. The quantitative estimate of drug-likeness (QED) is 0.770. The van der Waals surface area contributed by atoms with E-state index >= 15 is 0 Å². The molecule has 156 valence electrons. The Morgan fingerprint density at radius 3 is 2.69 bits per heavy atom. The Labute approximate surface area is 172 Å². The fourth-order valence-corrected chi connectivity index (χ4v) is 5.53. The van der Waals surface area contributed by atoms with Crippen LogP contribution in [-0.2, 0) is 16.4 Å². The van der Waals surface area contributed by atoms with Crippen LogP contribution in [0.4, 0.5) is 5.69 Å². The summed E-state index contributed by atoms with van der Waals surface area (Å²) >= 11 is 0. The minimum atomic E-state index is -3.77. The van der Waals surface area contributed by atoms with Crippen LogP contribution in [0.2, 0.25) is 0 Å². The number of methoxy groups -OCH3 is 1. The summed E-state index contributed by atoms with van der Waals surface area (Å²) in [7, 11) is -2.33. The Morgan fingerprint density at radius 2 is 2.00 bits per heavy atom. The number of hydrogen-bond acceptors (Lipinski definition) is 4. The molecular formula is C22H28N2O4S. The van der Waals surface area contributed by atoms with E-state index in [1.165, 1.54) is 17.5 Å². The first-order valence-corrected chi connectivity index (χ1v) is 11.4. The van der Waals surface area contributed by atoms with Crippen LogP contribution in [0.15, 0.2) is 47.4 Å². The lowest BCUT2D eigenvalue weighted by Crippen LogP contribution is -2.42. The molecule has 0 saturated carbocycles. The number of nitrogens with zero attached hydrogens (tertiary/aromatic N) is 1. The van der Waals surface area contributed by atoms with Crippen molar-refractivity contribution in [2.45, 2.75) is 50.5 Å². The predicted octanol–water partition coefficient (Wildman–Crippen LogP) is 4.07. The third-order valence-electron chi connectivity index (χ3n) is 5.35. The lowest BCUT2D eigenvalue weighted by Gasteiger charge is -2.32. The maximum atomic E-state index is 13.3. The molecular weight excluding hydrogens is 388 g/mol. The van der Waals surface area contributed by atoms with Gasteiger partial charge in [0.1, 0.15) is 10.6 Å². The molecule has 7 heteroatoms. The molecule has 3 rings (SSSR count). The number of sulfonamides is 1. The molecule has 6 nitrogen and oxygen atoms in total. The first-order valence-electron chi connectivity index (χ1n) is 9.97. The van der Waals surface area contributed by atoms with E-state index in [1.54, 1.807) is 12.1 Å². The number of hydrogen-bond donors (Lipinski definition) is 1. The van der Waals surface area contributed by atoms with Crippen LogP contribution < -0.4 is 10.1 Å². The smallest absolute Gasteiger partial charge is 0.255 e. The van der Waals surface area contributed by atoms with Crippen LogP contribution in [0.1, 0.15) is 49.0 Å². The van der Waals surface area contributed by atoms with Gasteiger partial charge in [-0.25, -0.2) is 8.42 Å². The first-order chi connectivity index (χ1) is 13.9. The molecule has 1 saturated heterocycles. The molecule has 1 aliphatic heterocycles. The van der Waals surface area contributed by atoms with E-state index in [4.69, 9.17) is 4.74 Å². The van der Waals surface area contributed by atoms with Gasteiger partial charge in [0.15, 0.2) is 0 Å². The summed E-state index contributed by atoms with van der Waals surface area (Å²) in [4.78, 5) is 12.8. The summed E-state index contributed by atoms with van der Waals surface area (Å²) in [5.41, 5.74) is 2.06. The Kier molecular flexibility index (Phi) is 6.59. The average Bonchev–Trinajstić information content (AvgIpc) is 2.73. The van der Waals surface area contributed by atoms with E-state index in [-0.39, 0.29) is 28.2 Å². The van der Waals surface area contributed by atoms with Gasteiger partial charge in [0.25, 0.3) is 5.91 Å². The normalized spacial score (nSPS) is 17.7. The molecule has 2 aromatic rings. The number of carbonyl (C=O) groups excluding carboxylic acids is 1. The zero-order valence-corrected chi connectivity index (χ0v) is 18.0. The number of aryl methyl sites for hydroxylation is 1. The van der Waals surface area contributed by atoms with E-state index in [0.717, 1.165) is 31.2 Å². The molecule has 2 aromatic carbocycles. The zero-order valence-electron chi connectivity index (χ0n) is 17.1. The number of anilines is 1. The Morgan fingerprint density at radius 1 is 1.21 bits per heavy atom. The van der Waals surface area contributed by atoms with Gasteiger partial charge in [-0.2, -0.15) is 4.31 Å². The molecule has 0 spiro atoms. The predicted molar refractivity (Wildman–Crippen MR) is 114 cm³/mol. The molecule has 29 heavy (non-hydrogen) atoms. The van der Waals surface area contributed by atoms with Gasteiger partial charge in [0.05, 0.1) is 7.11 Å². The highest BCUT2D eigenvalue weighted by Gasteiger charge is 2.33. The van der Waals surface area contributed by atoms with E-state index in [1.807, 2.05) is 38.1 Å². The lowest BCUT2D eigenvalue weighted by molar-refractivity contribution is 0.102. The van der Waals surface area contributed by atoms with E-state index in [2.05, 4.69) is 5.32 Å². The second-order valence-electron chi connectivity index (χ2n) is 7.33. The monoisotopic (exact) mass is 416 g/mol. The second kappa shape index (κ2) is 8.97. The zero-order chi connectivity index (χ0) is 21.0. The molecule has 0 aromatic heterocycles. The van der Waals surface area contributed by atoms with Gasteiger partial charge in [-0.1, -0.05) is 25.5 Å². The number of amides is 1. The third kappa shape index (κ3) is 4.62. The summed E-state index contributed by atoms with van der Waals surface area (Å²) in [5.74, 6) is -0.114. The highest BCUT2D eigenvalue weighted by Crippen LogP contribution is 2.32. The van der Waals surface area contributed by atoms with Crippen molar-refractivity contribution in [1.29, 1.82) is 0 Å². The Bertz CT molecular complexity index is 988. The first kappa shape index (κ1) is 21.3. The summed E-state index contributed by atoms with van der Waals surface area (Å²) in [6.45, 7) is 4.44. The summed E-state index contributed by atoms with van der Waals surface area (Å²) < 4.78 is 33.4. The number of nitrogens with one attached hydrogen (secondary N) is 1. The summed E-state index contributed by atoms with van der Waals surface area (Å²) in [6.07, 6.45) is 3.54. The number of rotatable bonds is 6. The fourth-order valence-electron chi connectivity index (χ4n) is 3.65. The minimum Gasteiger partial charge on any atom is -0.495 e. The minimum absolute atomic E-state index is 0.0312. The van der Waals surface area contributed by atoms with Gasteiger partial charge in [-0.05, 0) is 62.1 Å². The van der Waals surface area contributed by atoms with Gasteiger partial charge in [0.2, 0.25) is 10.0 Å². The van der Waals surface area contributed by atoms with Crippen LogP contribution in [0, 0.1) is 0 Å². The molecule has 1 N–H and O–H groups in total. The summed E-state index contributed by atoms with van der Waals surface area (Å²) in [5, 5.41) is 2.85. The topological polar surface area (TPSA) is 75.7 Å². The van der Waals surface area contributed by atoms with Crippen molar-refractivity contribution in [2.24, 2.45) is 0 Å². The van der Waals surface area contributed by atoms with Crippen LogP contribution >= 0.6 is 0 Å². The van der Waals surface area contributed by atoms with Crippen LogP contribution in [0.25, 0.3) is 0 Å². The molecule has 1 atom stereocenters. The standard InChI is InChI=1S/C22H28N2O4S/c1-4-17-9-7-10-19(14-17)23-22(25)18-11-12-20(28-3)21(15-18)29(26,27)24-13-6-5-8-16(24)2/h7,9-12,14-16H,4-6,8,13H2,1-3H3,(H,23,25). The molecule has 0 aliphatic carbocycles. The van der Waals surface area contributed by atoms with Crippen molar-refractivity contribution >= 4 is 21.6 Å². The maximum Gasteiger partial charge on any atom is 0.255 e. The van der Waals surface area contributed by atoms with Crippen molar-refractivity contribution in [1.82, 2.24) is 4.31 Å². The highest BCUT2D eigenvalue weighted by molar-refractivity contribution is 7.89. The number of benzene rings is 2. The Hall–Kier alpha value is -2.38. The molecule has 1 aliphatic rings. The van der Waals surface area contributed by atoms with Gasteiger partial charge >= 0.3 is 0 Å². The van der Waals surface area contributed by atoms with Crippen molar-refractivity contribution in [3.63, 3.8) is 0 Å². The van der Waals surface area contributed by atoms with Gasteiger partial charge in [0, 0.05) is 23.8 Å². The molecule has 1 fully saturated rings. The molecule has 1 unspecified atom stereocenters. The highest BCUT2D eigenvalue weighted by atomic mass is 32.2. The number of carbonyl (C=O) groups is 1. The maximum absolute atomic E-state index is 13.3.